The van der Waals surface area contributed by atoms with Gasteiger partial charge in [-0.15, -0.1) is 0 Å². The summed E-state index contributed by atoms with van der Waals surface area (Å²) in [4.78, 5) is 14.6. The number of oxazole rings is 3. The van der Waals surface area contributed by atoms with E-state index in [4.69, 9.17) is 28.2 Å². The van der Waals surface area contributed by atoms with E-state index in [0.717, 1.165) is 123 Å². The minimum atomic E-state index is 0.107. The van der Waals surface area contributed by atoms with Crippen LogP contribution in [0.1, 0.15) is 93.7 Å². The molecule has 0 atom stereocenters. The summed E-state index contributed by atoms with van der Waals surface area (Å²) in [6, 6.07) is 104. The van der Waals surface area contributed by atoms with Crippen molar-refractivity contribution < 1.29 is 27.0 Å². The number of para-hydroxylation sites is 8. The van der Waals surface area contributed by atoms with Crippen LogP contribution in [-0.2, 0) is 26.6 Å². The molecule has 112 heavy (non-hydrogen) atoms. The lowest BCUT2D eigenvalue weighted by molar-refractivity contribution is -0.634. The highest BCUT2D eigenvalue weighted by Gasteiger charge is 2.35. The Labute approximate surface area is 653 Å². The summed E-state index contributed by atoms with van der Waals surface area (Å²) in [6.45, 7) is 22.3. The fraction of sp³-hybridized carbons (Fsp3) is 0.160. The fourth-order valence-corrected chi connectivity index (χ4v) is 16.1. The Morgan fingerprint density at radius 2 is 0.652 bits per heavy atom. The van der Waals surface area contributed by atoms with Crippen molar-refractivity contribution in [3.8, 4) is 96.7 Å². The molecule has 0 radical (unpaired) electrons. The van der Waals surface area contributed by atoms with Gasteiger partial charge in [0, 0.05) is 33.4 Å². The van der Waals surface area contributed by atoms with E-state index < -0.39 is 0 Å². The highest BCUT2D eigenvalue weighted by molar-refractivity contribution is 5.91. The first-order valence-electron chi connectivity index (χ1n) is 38.6. The van der Waals surface area contributed by atoms with Crippen LogP contribution in [0.25, 0.3) is 163 Å². The lowest BCUT2D eigenvalue weighted by Crippen LogP contribution is -2.30. The molecule has 550 valence electrons. The van der Waals surface area contributed by atoms with Crippen molar-refractivity contribution in [1.29, 1.82) is 0 Å². The van der Waals surface area contributed by atoms with Crippen LogP contribution in [0.4, 0.5) is 0 Å². The molecule has 13 aromatic carbocycles. The van der Waals surface area contributed by atoms with Gasteiger partial charge in [-0.3, -0.25) is 0 Å². The Kier molecular flexibility index (Phi) is 18.7. The lowest BCUT2D eigenvalue weighted by Gasteiger charge is -2.18. The van der Waals surface area contributed by atoms with Crippen LogP contribution < -0.4 is 13.7 Å². The molecule has 0 unspecified atom stereocenters. The van der Waals surface area contributed by atoms with Gasteiger partial charge < -0.3 is 13.3 Å². The molecule has 6 heterocycles. The number of nitrogens with zero attached hydrogens (tertiary/aromatic N) is 9. The van der Waals surface area contributed by atoms with Gasteiger partial charge in [-0.05, 0) is 193 Å². The van der Waals surface area contributed by atoms with Crippen LogP contribution in [0.5, 0.6) is 0 Å². The maximum absolute atomic E-state index is 6.21. The molecule has 0 aliphatic rings. The third kappa shape index (κ3) is 13.0. The second-order valence-electron chi connectivity index (χ2n) is 31.0. The second kappa shape index (κ2) is 29.2. The van der Waals surface area contributed by atoms with Crippen molar-refractivity contribution in [1.82, 2.24) is 28.7 Å². The molecule has 0 spiro atoms. The molecule has 0 aliphatic heterocycles. The molecule has 0 aliphatic carbocycles. The third-order valence-corrected chi connectivity index (χ3v) is 21.8. The molecule has 12 heteroatoms. The smallest absolute Gasteiger partial charge is 0.295 e. The Morgan fingerprint density at radius 3 is 1.04 bits per heavy atom. The van der Waals surface area contributed by atoms with E-state index in [9.17, 15) is 0 Å². The molecule has 0 N–H and O–H groups in total. The second-order valence-corrected chi connectivity index (χ2v) is 31.0. The van der Waals surface area contributed by atoms with Gasteiger partial charge >= 0.3 is 0 Å². The Bertz CT molecular complexity index is 6700. The molecular weight excluding hydrogens is 1380 g/mol. The molecule has 0 saturated heterocycles. The summed E-state index contributed by atoms with van der Waals surface area (Å²) >= 11 is 0. The molecule has 12 nitrogen and oxygen atoms in total. The number of aryl methyl sites for hydroxylation is 6. The molecule has 0 bridgehead atoms. The van der Waals surface area contributed by atoms with E-state index in [-0.39, 0.29) is 5.41 Å². The van der Waals surface area contributed by atoms with E-state index in [1.165, 1.54) is 55.6 Å². The summed E-state index contributed by atoms with van der Waals surface area (Å²) < 4.78 is 32.6. The van der Waals surface area contributed by atoms with Crippen LogP contribution >= 0.6 is 0 Å². The van der Waals surface area contributed by atoms with Gasteiger partial charge in [0.2, 0.25) is 17.7 Å². The topological polar surface area (TPSA) is 105 Å². The van der Waals surface area contributed by atoms with Gasteiger partial charge in [0.25, 0.3) is 17.5 Å². The number of aromatic nitrogens is 9. The SMILES string of the molecule is Cc1cc2oc(-c3ccccc3)nc2cc1-c1n(-c2c(C(C)C)cccc2C(C)C)c2ccccc2[n+]1C.Cc1cc2oc(-c3ccccc3)nc2cc1-c1n(-c2ccc(C(C)(C)C)cc2)c2ccccc2[n+]1C.Cc1cc2oc(-c3ccccc3)nc2cc1-c1n(-c2ccccc2-c2ccccc2)c2ccccc2[n+]1C. The van der Waals surface area contributed by atoms with Crippen molar-refractivity contribution in [2.45, 2.75) is 86.5 Å². The largest absolute Gasteiger partial charge is 0.436 e. The fourth-order valence-electron chi connectivity index (χ4n) is 16.1. The molecule has 0 saturated carbocycles. The first-order chi connectivity index (χ1) is 54.3. The van der Waals surface area contributed by atoms with Gasteiger partial charge in [-0.2, -0.15) is 13.7 Å². The summed E-state index contributed by atoms with van der Waals surface area (Å²) in [7, 11) is 6.45. The average Bonchev–Trinajstić information content (AvgIpc) is 1.55. The van der Waals surface area contributed by atoms with Gasteiger partial charge in [0.15, 0.2) is 49.8 Å². The number of hydrogen-bond acceptors (Lipinski definition) is 6. The first-order valence-corrected chi connectivity index (χ1v) is 38.6. The average molecular weight is 1470 g/mol. The monoisotopic (exact) mass is 1460 g/mol. The molecular formula is C100H90N9O3+3. The standard InChI is InChI=1S/C34H26N3O.C34H34N3O.C32H30N3O/c1-23-21-32-28(35-33(38-32)25-15-7-4-8-16-25)22-27(23)34-36(2)30-19-11-12-20-31(30)37(34)29-18-10-9-17-26(29)24-13-5-3-6-14-24;1-21(2)25-15-12-16-26(22(3)4)32(25)37-30-18-11-10-17-29(30)36(6)34(37)27-20-28-31(19-23(27)5)38-33(35-28)24-13-8-7-9-14-24;1-21-19-29-26(33-30(36-29)22-11-7-6-8-12-22)20-25(21)31-34(5)27-13-9-10-14-28(27)35(31)24-17-15-23(16-18-24)32(2,3)4/h3-22H,1-2H3;7-22H,1-6H3;6-20H,1-5H3/q3*+1. The predicted octanol–water partition coefficient (Wildman–Crippen LogP) is 23.9. The number of imidazole rings is 3. The van der Waals surface area contributed by atoms with E-state index >= 15 is 0 Å². The van der Waals surface area contributed by atoms with E-state index in [1.807, 2.05) is 91.0 Å². The van der Waals surface area contributed by atoms with Gasteiger partial charge in [-0.1, -0.05) is 218 Å². The van der Waals surface area contributed by atoms with Crippen LogP contribution in [-0.4, -0.2) is 28.7 Å². The number of fused-ring (bicyclic) bond motifs is 6. The summed E-state index contributed by atoms with van der Waals surface area (Å²) in [5.74, 6) is 6.05. The number of hydrogen-bond donors (Lipinski definition) is 0. The molecule has 0 amide bonds. The minimum absolute atomic E-state index is 0.107. The summed E-state index contributed by atoms with van der Waals surface area (Å²) in [5, 5.41) is 0. The Morgan fingerprint density at radius 1 is 0.321 bits per heavy atom. The Hall–Kier alpha value is -13.3. The molecule has 0 fully saturated rings. The van der Waals surface area contributed by atoms with Crippen molar-refractivity contribution in [3.63, 3.8) is 0 Å². The third-order valence-electron chi connectivity index (χ3n) is 21.8. The van der Waals surface area contributed by atoms with Gasteiger partial charge in [0.1, 0.15) is 33.6 Å². The summed E-state index contributed by atoms with van der Waals surface area (Å²) in [5.41, 5.74) is 31.8. The number of benzene rings is 13. The zero-order valence-corrected chi connectivity index (χ0v) is 65.7. The van der Waals surface area contributed by atoms with Gasteiger partial charge in [-0.25, -0.2) is 28.7 Å². The van der Waals surface area contributed by atoms with Crippen molar-refractivity contribution in [3.05, 3.63) is 331 Å². The van der Waals surface area contributed by atoms with Crippen LogP contribution in [0.3, 0.4) is 0 Å². The minimum Gasteiger partial charge on any atom is -0.436 e. The maximum atomic E-state index is 6.21. The molecule has 19 aromatic rings. The first kappa shape index (κ1) is 71.6. The van der Waals surface area contributed by atoms with Crippen molar-refractivity contribution in [2.24, 2.45) is 21.1 Å². The highest BCUT2D eigenvalue weighted by Crippen LogP contribution is 2.42. The lowest BCUT2D eigenvalue weighted by atomic mass is 9.87. The van der Waals surface area contributed by atoms with Gasteiger partial charge in [0.05, 0.1) is 37.8 Å². The molecule has 6 aromatic heterocycles. The quantitative estimate of drug-likeness (QED) is 0.113. The molecule has 19 rings (SSSR count). The zero-order valence-electron chi connectivity index (χ0n) is 65.7. The highest BCUT2D eigenvalue weighted by atomic mass is 16.4. The summed E-state index contributed by atoms with van der Waals surface area (Å²) in [6.07, 6.45) is 0. The van der Waals surface area contributed by atoms with Crippen LogP contribution in [0.2, 0.25) is 0 Å². The van der Waals surface area contributed by atoms with Crippen molar-refractivity contribution in [2.75, 3.05) is 0 Å². The predicted molar refractivity (Wildman–Crippen MR) is 455 cm³/mol. The normalized spacial score (nSPS) is 11.8. The zero-order chi connectivity index (χ0) is 77.2. The number of rotatable bonds is 12. The van der Waals surface area contributed by atoms with E-state index in [0.29, 0.717) is 29.5 Å². The Balaban J connectivity index is 0.000000122. The van der Waals surface area contributed by atoms with Crippen LogP contribution in [0, 0.1) is 20.8 Å². The van der Waals surface area contributed by atoms with Crippen LogP contribution in [0.15, 0.2) is 311 Å². The maximum Gasteiger partial charge on any atom is 0.295 e. The van der Waals surface area contributed by atoms with E-state index in [2.05, 4.69) is 324 Å². The van der Waals surface area contributed by atoms with Crippen molar-refractivity contribution >= 4 is 66.4 Å². The van der Waals surface area contributed by atoms with E-state index in [1.54, 1.807) is 0 Å².